The molecule has 1 aromatic rings. The van der Waals surface area contributed by atoms with E-state index in [0.717, 1.165) is 31.6 Å². The van der Waals surface area contributed by atoms with Gasteiger partial charge in [-0.25, -0.2) is 4.79 Å². The van der Waals surface area contributed by atoms with Crippen LogP contribution in [0.4, 0.5) is 10.5 Å². The van der Waals surface area contributed by atoms with E-state index >= 15 is 0 Å². The van der Waals surface area contributed by atoms with Gasteiger partial charge in [0, 0.05) is 18.8 Å². The molecular weight excluding hydrogens is 212 g/mol. The van der Waals surface area contributed by atoms with Crippen LogP contribution in [0.15, 0.2) is 24.3 Å². The van der Waals surface area contributed by atoms with Gasteiger partial charge in [-0.05, 0) is 36.5 Å². The summed E-state index contributed by atoms with van der Waals surface area (Å²) in [5.74, 6) is 0.485. The monoisotopic (exact) mass is 232 g/mol. The van der Waals surface area contributed by atoms with E-state index in [4.69, 9.17) is 0 Å². The topological polar surface area (TPSA) is 32.3 Å². The van der Waals surface area contributed by atoms with Crippen LogP contribution in [0.5, 0.6) is 0 Å². The van der Waals surface area contributed by atoms with Crippen LogP contribution in [0.25, 0.3) is 0 Å². The summed E-state index contributed by atoms with van der Waals surface area (Å²) in [4.78, 5) is 13.8. The van der Waals surface area contributed by atoms with E-state index in [2.05, 4.69) is 31.3 Å². The molecule has 1 heterocycles. The lowest BCUT2D eigenvalue weighted by Crippen LogP contribution is -2.32. The molecule has 1 saturated heterocycles. The summed E-state index contributed by atoms with van der Waals surface area (Å²) in [5.41, 5.74) is 2.15. The Hall–Kier alpha value is -1.51. The van der Waals surface area contributed by atoms with Gasteiger partial charge in [-0.1, -0.05) is 26.0 Å². The number of nitrogens with zero attached hydrogens (tertiary/aromatic N) is 1. The quantitative estimate of drug-likeness (QED) is 0.832. The van der Waals surface area contributed by atoms with Crippen LogP contribution in [0.3, 0.4) is 0 Å². The Morgan fingerprint density at radius 1 is 1.29 bits per heavy atom. The predicted molar refractivity (Wildman–Crippen MR) is 70.4 cm³/mol. The SMILES string of the molecule is CC(C)c1cccc(NC(=O)N2CCCC2)c1. The maximum absolute atomic E-state index is 11.9. The zero-order valence-corrected chi connectivity index (χ0v) is 10.6. The second kappa shape index (κ2) is 5.21. The summed E-state index contributed by atoms with van der Waals surface area (Å²) in [5, 5.41) is 2.97. The molecule has 1 aliphatic heterocycles. The molecule has 1 aromatic carbocycles. The molecule has 17 heavy (non-hydrogen) atoms. The second-order valence-corrected chi connectivity index (χ2v) is 4.90. The lowest BCUT2D eigenvalue weighted by Gasteiger charge is -2.17. The fraction of sp³-hybridized carbons (Fsp3) is 0.500. The van der Waals surface area contributed by atoms with E-state index in [1.54, 1.807) is 0 Å². The largest absolute Gasteiger partial charge is 0.325 e. The lowest BCUT2D eigenvalue weighted by atomic mass is 10.0. The Labute approximate surface area is 103 Å². The van der Waals surface area contributed by atoms with E-state index in [1.807, 2.05) is 17.0 Å². The third kappa shape index (κ3) is 2.99. The van der Waals surface area contributed by atoms with Crippen molar-refractivity contribution in [2.45, 2.75) is 32.6 Å². The van der Waals surface area contributed by atoms with Gasteiger partial charge in [0.1, 0.15) is 0 Å². The van der Waals surface area contributed by atoms with Crippen molar-refractivity contribution in [3.8, 4) is 0 Å². The molecule has 1 fully saturated rings. The first-order chi connectivity index (χ1) is 8.16. The molecule has 1 N–H and O–H groups in total. The van der Waals surface area contributed by atoms with Crippen molar-refractivity contribution in [1.82, 2.24) is 4.90 Å². The number of anilines is 1. The molecule has 0 unspecified atom stereocenters. The standard InChI is InChI=1S/C14H20N2O/c1-11(2)12-6-5-7-13(10-12)15-14(17)16-8-3-4-9-16/h5-7,10-11H,3-4,8-9H2,1-2H3,(H,15,17). The number of rotatable bonds is 2. The van der Waals surface area contributed by atoms with Crippen molar-refractivity contribution in [2.24, 2.45) is 0 Å². The maximum Gasteiger partial charge on any atom is 0.321 e. The highest BCUT2D eigenvalue weighted by Gasteiger charge is 2.17. The van der Waals surface area contributed by atoms with Crippen LogP contribution in [-0.4, -0.2) is 24.0 Å². The smallest absolute Gasteiger partial charge is 0.321 e. The van der Waals surface area contributed by atoms with Gasteiger partial charge in [-0.2, -0.15) is 0 Å². The highest BCUT2D eigenvalue weighted by molar-refractivity contribution is 5.89. The minimum atomic E-state index is 0.0309. The number of nitrogens with one attached hydrogen (secondary N) is 1. The number of hydrogen-bond acceptors (Lipinski definition) is 1. The Bertz CT molecular complexity index is 395. The first-order valence-electron chi connectivity index (χ1n) is 6.32. The van der Waals surface area contributed by atoms with Crippen molar-refractivity contribution in [2.75, 3.05) is 18.4 Å². The Morgan fingerprint density at radius 3 is 2.65 bits per heavy atom. The fourth-order valence-electron chi connectivity index (χ4n) is 2.10. The van der Waals surface area contributed by atoms with Gasteiger partial charge in [-0.15, -0.1) is 0 Å². The molecule has 0 aromatic heterocycles. The van der Waals surface area contributed by atoms with E-state index in [0.29, 0.717) is 5.92 Å². The van der Waals surface area contributed by atoms with Gasteiger partial charge in [0.2, 0.25) is 0 Å². The third-order valence-corrected chi connectivity index (χ3v) is 3.20. The van der Waals surface area contributed by atoms with Crippen molar-refractivity contribution >= 4 is 11.7 Å². The van der Waals surface area contributed by atoms with Gasteiger partial charge in [0.05, 0.1) is 0 Å². The Morgan fingerprint density at radius 2 is 2.00 bits per heavy atom. The van der Waals surface area contributed by atoms with Crippen LogP contribution in [0.2, 0.25) is 0 Å². The number of urea groups is 1. The second-order valence-electron chi connectivity index (χ2n) is 4.90. The summed E-state index contributed by atoms with van der Waals surface area (Å²) < 4.78 is 0. The Kier molecular flexibility index (Phi) is 3.67. The summed E-state index contributed by atoms with van der Waals surface area (Å²) in [6.45, 7) is 6.08. The summed E-state index contributed by atoms with van der Waals surface area (Å²) in [7, 11) is 0. The first-order valence-corrected chi connectivity index (χ1v) is 6.32. The lowest BCUT2D eigenvalue weighted by molar-refractivity contribution is 0.222. The van der Waals surface area contributed by atoms with E-state index in [-0.39, 0.29) is 6.03 Å². The average Bonchev–Trinajstić information content (AvgIpc) is 2.82. The van der Waals surface area contributed by atoms with Gasteiger partial charge in [0.15, 0.2) is 0 Å². The van der Waals surface area contributed by atoms with Gasteiger partial charge < -0.3 is 10.2 Å². The van der Waals surface area contributed by atoms with E-state index in [9.17, 15) is 4.79 Å². The minimum Gasteiger partial charge on any atom is -0.325 e. The van der Waals surface area contributed by atoms with E-state index in [1.165, 1.54) is 5.56 Å². The molecule has 92 valence electrons. The van der Waals surface area contributed by atoms with Crippen molar-refractivity contribution in [3.05, 3.63) is 29.8 Å². The molecule has 3 nitrogen and oxygen atoms in total. The average molecular weight is 232 g/mol. The number of carbonyl (C=O) groups excluding carboxylic acids is 1. The molecule has 1 aliphatic rings. The number of likely N-dealkylation sites (tertiary alicyclic amines) is 1. The highest BCUT2D eigenvalue weighted by Crippen LogP contribution is 2.19. The predicted octanol–water partition coefficient (Wildman–Crippen LogP) is 3.44. The van der Waals surface area contributed by atoms with Crippen molar-refractivity contribution in [3.63, 3.8) is 0 Å². The summed E-state index contributed by atoms with van der Waals surface area (Å²) in [6, 6.07) is 8.12. The number of benzene rings is 1. The number of hydrogen-bond donors (Lipinski definition) is 1. The fourth-order valence-corrected chi connectivity index (χ4v) is 2.10. The van der Waals surface area contributed by atoms with Gasteiger partial charge in [0.25, 0.3) is 0 Å². The Balaban J connectivity index is 2.02. The normalized spacial score (nSPS) is 15.4. The van der Waals surface area contributed by atoms with Gasteiger partial charge in [-0.3, -0.25) is 0 Å². The van der Waals surface area contributed by atoms with Gasteiger partial charge >= 0.3 is 6.03 Å². The van der Waals surface area contributed by atoms with Crippen molar-refractivity contribution in [1.29, 1.82) is 0 Å². The first kappa shape index (κ1) is 12.0. The third-order valence-electron chi connectivity index (χ3n) is 3.20. The molecule has 0 aliphatic carbocycles. The molecule has 0 radical (unpaired) electrons. The zero-order valence-electron chi connectivity index (χ0n) is 10.6. The number of amides is 2. The van der Waals surface area contributed by atoms with Crippen molar-refractivity contribution < 1.29 is 4.79 Å². The van der Waals surface area contributed by atoms with Crippen LogP contribution in [0, 0.1) is 0 Å². The molecule has 0 atom stereocenters. The summed E-state index contributed by atoms with van der Waals surface area (Å²) >= 11 is 0. The zero-order chi connectivity index (χ0) is 12.3. The van der Waals surface area contributed by atoms with Crippen LogP contribution < -0.4 is 5.32 Å². The van der Waals surface area contributed by atoms with Crippen LogP contribution >= 0.6 is 0 Å². The molecule has 2 rings (SSSR count). The molecule has 0 spiro atoms. The highest BCUT2D eigenvalue weighted by atomic mass is 16.2. The molecule has 2 amide bonds. The minimum absolute atomic E-state index is 0.0309. The van der Waals surface area contributed by atoms with Crippen LogP contribution in [-0.2, 0) is 0 Å². The molecule has 0 bridgehead atoms. The van der Waals surface area contributed by atoms with E-state index < -0.39 is 0 Å². The molecule has 0 saturated carbocycles. The molecular formula is C14H20N2O. The summed E-state index contributed by atoms with van der Waals surface area (Å²) in [6.07, 6.45) is 2.25. The molecule has 3 heteroatoms. The number of carbonyl (C=O) groups is 1. The maximum atomic E-state index is 11.9. The van der Waals surface area contributed by atoms with Crippen LogP contribution in [0.1, 0.15) is 38.2 Å².